The van der Waals surface area contributed by atoms with Gasteiger partial charge in [-0.2, -0.15) is 13.2 Å². The second kappa shape index (κ2) is 10.1. The molecule has 2 N–H and O–H groups in total. The fourth-order valence-electron chi connectivity index (χ4n) is 3.77. The molecule has 0 aliphatic heterocycles. The Kier molecular flexibility index (Phi) is 7.62. The van der Waals surface area contributed by atoms with Crippen molar-refractivity contribution in [1.29, 1.82) is 0 Å². The second-order valence-electron chi connectivity index (χ2n) is 7.98. The third-order valence-corrected chi connectivity index (χ3v) is 6.09. The number of pyridine rings is 1. The summed E-state index contributed by atoms with van der Waals surface area (Å²) in [6, 6.07) is 10.8. The molecule has 0 aliphatic rings. The number of aliphatic hydroxyl groups is 1. The van der Waals surface area contributed by atoms with Crippen LogP contribution in [0.1, 0.15) is 45.6 Å². The lowest BCUT2D eigenvalue weighted by Gasteiger charge is -2.37. The molecule has 2 aromatic carbocycles. The van der Waals surface area contributed by atoms with E-state index in [0.29, 0.717) is 17.0 Å². The van der Waals surface area contributed by atoms with Gasteiger partial charge in [-0.1, -0.05) is 30.7 Å². The van der Waals surface area contributed by atoms with Gasteiger partial charge < -0.3 is 19.7 Å². The molecule has 1 heterocycles. The van der Waals surface area contributed by atoms with Gasteiger partial charge in [0.05, 0.1) is 12.7 Å². The van der Waals surface area contributed by atoms with Gasteiger partial charge in [-0.15, -0.1) is 0 Å². The number of nitrogens with zero attached hydrogens (tertiary/aromatic N) is 1. The molecule has 3 rings (SSSR count). The lowest BCUT2D eigenvalue weighted by molar-refractivity contribution is -0.274. The number of aryl methyl sites for hydroxylation is 1. The first kappa shape index (κ1) is 26.3. The first-order chi connectivity index (χ1) is 16.4. The van der Waals surface area contributed by atoms with Crippen LogP contribution in [0.2, 0.25) is 5.02 Å². The zero-order chi connectivity index (χ0) is 26.0. The van der Waals surface area contributed by atoms with E-state index < -0.39 is 23.7 Å². The van der Waals surface area contributed by atoms with Gasteiger partial charge in [0.15, 0.2) is 5.60 Å². The third kappa shape index (κ3) is 5.36. The molecular formula is C25H23ClF3NO5. The van der Waals surface area contributed by atoms with Gasteiger partial charge >= 0.3 is 12.1 Å². The number of aromatic carboxylic acids is 1. The van der Waals surface area contributed by atoms with Gasteiger partial charge in [-0.3, -0.25) is 4.98 Å². The number of ether oxygens (including phenoxy) is 2. The number of halogens is 4. The number of hydrogen-bond donors (Lipinski definition) is 2. The normalized spacial score (nSPS) is 14.2. The summed E-state index contributed by atoms with van der Waals surface area (Å²) in [7, 11) is 1.39. The van der Waals surface area contributed by atoms with Crippen LogP contribution in [0, 0.1) is 6.92 Å². The molecule has 0 radical (unpaired) electrons. The molecule has 0 saturated heterocycles. The highest BCUT2D eigenvalue weighted by Crippen LogP contribution is 2.50. The Bertz CT molecular complexity index is 1230. The van der Waals surface area contributed by atoms with E-state index in [1.54, 1.807) is 6.07 Å². The van der Waals surface area contributed by atoms with Crippen LogP contribution in [-0.4, -0.2) is 34.5 Å². The van der Waals surface area contributed by atoms with Crippen LogP contribution < -0.4 is 9.47 Å². The molecule has 0 amide bonds. The van der Waals surface area contributed by atoms with Crippen molar-refractivity contribution in [3.05, 3.63) is 87.7 Å². The van der Waals surface area contributed by atoms with Crippen molar-refractivity contribution in [2.45, 2.75) is 38.1 Å². The van der Waals surface area contributed by atoms with Crippen LogP contribution in [-0.2, 0) is 12.2 Å². The minimum Gasteiger partial charge on any atom is -0.496 e. The quantitative estimate of drug-likeness (QED) is 0.394. The predicted octanol–water partition coefficient (Wildman–Crippen LogP) is 5.88. The van der Waals surface area contributed by atoms with E-state index in [1.807, 2.05) is 0 Å². The molecule has 0 fully saturated rings. The fraction of sp³-hybridized carbons (Fsp3) is 0.280. The van der Waals surface area contributed by atoms with Crippen molar-refractivity contribution < 1.29 is 37.7 Å². The minimum atomic E-state index is -4.99. The van der Waals surface area contributed by atoms with E-state index in [1.165, 1.54) is 63.6 Å². The van der Waals surface area contributed by atoms with Crippen molar-refractivity contribution in [1.82, 2.24) is 4.98 Å². The third-order valence-electron chi connectivity index (χ3n) is 5.76. The van der Waals surface area contributed by atoms with Crippen LogP contribution in [0.4, 0.5) is 13.2 Å². The number of carboxylic acid groups (broad SMARTS) is 1. The molecule has 0 saturated carbocycles. The summed E-state index contributed by atoms with van der Waals surface area (Å²) in [4.78, 5) is 15.0. The van der Waals surface area contributed by atoms with Crippen molar-refractivity contribution in [3.63, 3.8) is 0 Å². The van der Waals surface area contributed by atoms with Gasteiger partial charge in [0.1, 0.15) is 18.1 Å². The molecule has 2 atom stereocenters. The van der Waals surface area contributed by atoms with Gasteiger partial charge in [0.2, 0.25) is 0 Å². The highest BCUT2D eigenvalue weighted by Gasteiger charge is 2.59. The SMILES string of the molecule is COc1cc(C(=O)O)ccc1COc1ccc(C(C)C(O)(c2ccnc(C)c2)C(F)(F)F)c(Cl)c1. The molecule has 0 spiro atoms. The lowest BCUT2D eigenvalue weighted by atomic mass is 9.78. The summed E-state index contributed by atoms with van der Waals surface area (Å²) in [5, 5.41) is 20.0. The molecule has 35 heavy (non-hydrogen) atoms. The minimum absolute atomic E-state index is 0.00289. The van der Waals surface area contributed by atoms with E-state index in [0.717, 1.165) is 6.07 Å². The molecular weight excluding hydrogens is 487 g/mol. The van der Waals surface area contributed by atoms with Crippen LogP contribution in [0.25, 0.3) is 0 Å². The number of carbonyl (C=O) groups is 1. The number of alkyl halides is 3. The van der Waals surface area contributed by atoms with Crippen molar-refractivity contribution in [2.24, 2.45) is 0 Å². The number of aromatic nitrogens is 1. The Morgan fingerprint density at radius 1 is 1.14 bits per heavy atom. The summed E-state index contributed by atoms with van der Waals surface area (Å²) in [5.74, 6) is -1.97. The number of rotatable bonds is 8. The molecule has 2 unspecified atom stereocenters. The topological polar surface area (TPSA) is 88.9 Å². The molecule has 10 heteroatoms. The van der Waals surface area contributed by atoms with Crippen LogP contribution in [0.5, 0.6) is 11.5 Å². The van der Waals surface area contributed by atoms with Crippen molar-refractivity contribution in [3.8, 4) is 11.5 Å². The average molecular weight is 510 g/mol. The van der Waals surface area contributed by atoms with Crippen LogP contribution in [0.3, 0.4) is 0 Å². The molecule has 3 aromatic rings. The zero-order valence-electron chi connectivity index (χ0n) is 19.1. The average Bonchev–Trinajstić information content (AvgIpc) is 2.80. The largest absolute Gasteiger partial charge is 0.496 e. The Balaban J connectivity index is 1.87. The molecule has 1 aromatic heterocycles. The molecule has 0 aliphatic carbocycles. The maximum absolute atomic E-state index is 14.1. The molecule has 6 nitrogen and oxygen atoms in total. The highest BCUT2D eigenvalue weighted by molar-refractivity contribution is 6.31. The monoisotopic (exact) mass is 509 g/mol. The first-order valence-electron chi connectivity index (χ1n) is 10.4. The summed E-state index contributed by atoms with van der Waals surface area (Å²) < 4.78 is 53.3. The summed E-state index contributed by atoms with van der Waals surface area (Å²) in [6.07, 6.45) is -3.78. The van der Waals surface area contributed by atoms with E-state index in [-0.39, 0.29) is 34.1 Å². The van der Waals surface area contributed by atoms with E-state index in [4.69, 9.17) is 26.2 Å². The van der Waals surface area contributed by atoms with Crippen LogP contribution >= 0.6 is 11.6 Å². The maximum atomic E-state index is 14.1. The summed E-state index contributed by atoms with van der Waals surface area (Å²) in [6.45, 7) is 2.78. The van der Waals surface area contributed by atoms with Gasteiger partial charge in [0.25, 0.3) is 0 Å². The zero-order valence-corrected chi connectivity index (χ0v) is 19.8. The number of hydrogen-bond acceptors (Lipinski definition) is 5. The predicted molar refractivity (Wildman–Crippen MR) is 123 cm³/mol. The van der Waals surface area contributed by atoms with Gasteiger partial charge in [0, 0.05) is 28.4 Å². The lowest BCUT2D eigenvalue weighted by Crippen LogP contribution is -2.46. The summed E-state index contributed by atoms with van der Waals surface area (Å²) >= 11 is 6.33. The number of carboxylic acids is 1. The first-order valence-corrected chi connectivity index (χ1v) is 10.8. The Labute approximate surface area is 204 Å². The van der Waals surface area contributed by atoms with Crippen molar-refractivity contribution >= 4 is 17.6 Å². The Morgan fingerprint density at radius 3 is 2.43 bits per heavy atom. The smallest absolute Gasteiger partial charge is 0.422 e. The van der Waals surface area contributed by atoms with E-state index in [9.17, 15) is 23.1 Å². The number of methoxy groups -OCH3 is 1. The Hall–Kier alpha value is -3.30. The highest BCUT2D eigenvalue weighted by atomic mass is 35.5. The maximum Gasteiger partial charge on any atom is 0.422 e. The van der Waals surface area contributed by atoms with Gasteiger partial charge in [-0.25, -0.2) is 4.79 Å². The van der Waals surface area contributed by atoms with E-state index >= 15 is 0 Å². The summed E-state index contributed by atoms with van der Waals surface area (Å²) in [5.41, 5.74) is -2.51. The number of benzene rings is 2. The molecule has 186 valence electrons. The van der Waals surface area contributed by atoms with Gasteiger partial charge in [-0.05, 0) is 54.4 Å². The van der Waals surface area contributed by atoms with Crippen molar-refractivity contribution in [2.75, 3.05) is 7.11 Å². The molecule has 0 bridgehead atoms. The second-order valence-corrected chi connectivity index (χ2v) is 8.38. The fourth-order valence-corrected chi connectivity index (χ4v) is 4.11. The standard InChI is InChI=1S/C25H23ClF3NO5/c1-14-10-18(8-9-30-14)24(33,25(27,28)29)15(2)20-7-6-19(12-21(20)26)35-13-17-5-4-16(23(31)32)11-22(17)34-3/h4-12,15,33H,13H2,1-3H3,(H,31,32). The Morgan fingerprint density at radius 2 is 1.86 bits per heavy atom. The van der Waals surface area contributed by atoms with E-state index in [2.05, 4.69) is 4.98 Å². The van der Waals surface area contributed by atoms with Crippen LogP contribution in [0.15, 0.2) is 54.7 Å².